The molecule has 0 saturated heterocycles. The summed E-state index contributed by atoms with van der Waals surface area (Å²) >= 11 is 0. The number of hydrogen-bond acceptors (Lipinski definition) is 6. The van der Waals surface area contributed by atoms with Crippen LogP contribution in [0.15, 0.2) is 0 Å². The minimum absolute atomic E-state index is 0. The van der Waals surface area contributed by atoms with E-state index in [2.05, 4.69) is 0 Å². The van der Waals surface area contributed by atoms with Gasteiger partial charge in [0.05, 0.1) is 10.2 Å². The van der Waals surface area contributed by atoms with Crippen molar-refractivity contribution in [3.8, 4) is 0 Å². The van der Waals surface area contributed by atoms with Crippen molar-refractivity contribution < 1.29 is 10.2 Å². The Bertz CT molecular complexity index is 71.7. The summed E-state index contributed by atoms with van der Waals surface area (Å²) in [5, 5.41) is 29.5. The van der Waals surface area contributed by atoms with E-state index in [4.69, 9.17) is 30.6 Å². The SMILES string of the molecule is O=[N+]([O-])[O-].O=[N+]([O-])[O-].[Pb+2].[PbH2]. The van der Waals surface area contributed by atoms with Gasteiger partial charge in [0.25, 0.3) is 0 Å². The van der Waals surface area contributed by atoms with Crippen molar-refractivity contribution in [2.75, 3.05) is 0 Å². The van der Waals surface area contributed by atoms with E-state index >= 15 is 0 Å². The Kier molecular flexibility index (Phi) is 36.2. The van der Waals surface area contributed by atoms with Crippen molar-refractivity contribution in [3.05, 3.63) is 30.6 Å². The van der Waals surface area contributed by atoms with Gasteiger partial charge >= 0.3 is 54.6 Å². The van der Waals surface area contributed by atoms with Crippen molar-refractivity contribution in [3.63, 3.8) is 0 Å². The van der Waals surface area contributed by atoms with Crippen LogP contribution in [0.5, 0.6) is 0 Å². The van der Waals surface area contributed by atoms with E-state index in [0.29, 0.717) is 0 Å². The molecule has 0 saturated carbocycles. The van der Waals surface area contributed by atoms with Gasteiger partial charge in [-0.3, -0.25) is 0 Å². The van der Waals surface area contributed by atoms with E-state index in [9.17, 15) is 0 Å². The molecule has 0 aliphatic carbocycles. The van der Waals surface area contributed by atoms with E-state index in [1.807, 2.05) is 0 Å². The van der Waals surface area contributed by atoms with Crippen molar-refractivity contribution >= 4 is 54.6 Å². The third kappa shape index (κ3) is 7260. The Morgan fingerprint density at radius 3 is 0.800 bits per heavy atom. The maximum absolute atomic E-state index is 8.25. The fraction of sp³-hybridized carbons (Fsp3) is 0. The summed E-state index contributed by atoms with van der Waals surface area (Å²) < 4.78 is 0. The molecule has 0 aromatic heterocycles. The first-order chi connectivity index (χ1) is 3.46. The molecule has 0 fully saturated rings. The van der Waals surface area contributed by atoms with Crippen LogP contribution in [-0.4, -0.2) is 64.8 Å². The van der Waals surface area contributed by atoms with Crippen LogP contribution in [0.1, 0.15) is 0 Å². The van der Waals surface area contributed by atoms with Crippen LogP contribution in [0.2, 0.25) is 0 Å². The molecular formula is H2N2O6Pb2. The summed E-state index contributed by atoms with van der Waals surface area (Å²) in [5.74, 6) is 0. The Hall–Kier alpha value is 0.244. The second-order valence-corrected chi connectivity index (χ2v) is 0.447. The van der Waals surface area contributed by atoms with E-state index in [1.165, 1.54) is 0 Å². The summed E-state index contributed by atoms with van der Waals surface area (Å²) in [6.07, 6.45) is 0. The van der Waals surface area contributed by atoms with E-state index in [-0.39, 0.29) is 54.6 Å². The summed E-state index contributed by atoms with van der Waals surface area (Å²) in [5.41, 5.74) is 0. The van der Waals surface area contributed by atoms with Crippen molar-refractivity contribution in [1.82, 2.24) is 0 Å². The van der Waals surface area contributed by atoms with Gasteiger partial charge in [-0.2, -0.15) is 0 Å². The Morgan fingerprint density at radius 2 is 0.800 bits per heavy atom. The maximum atomic E-state index is 8.25. The third-order valence-corrected chi connectivity index (χ3v) is 0. The molecule has 0 heterocycles. The van der Waals surface area contributed by atoms with Gasteiger partial charge in [-0.05, 0) is 0 Å². The fourth-order valence-electron chi connectivity index (χ4n) is 0. The molecule has 56 valence electrons. The predicted molar refractivity (Wildman–Crippen MR) is 35.0 cm³/mol. The van der Waals surface area contributed by atoms with Gasteiger partial charge in [-0.1, -0.05) is 0 Å². The molecule has 4 radical (unpaired) electrons. The first-order valence-corrected chi connectivity index (χ1v) is 1.10. The zero-order valence-corrected chi connectivity index (χ0v) is 13.9. The second-order valence-electron chi connectivity index (χ2n) is 0.447. The monoisotopic (exact) mass is 542 g/mol. The molecule has 0 spiro atoms. The second kappa shape index (κ2) is 16.1. The van der Waals surface area contributed by atoms with Crippen LogP contribution < -0.4 is 0 Å². The quantitative estimate of drug-likeness (QED) is 0.203. The van der Waals surface area contributed by atoms with Crippen LogP contribution in [0.4, 0.5) is 0 Å². The number of nitrogens with zero attached hydrogens (tertiary/aromatic N) is 2. The minimum atomic E-state index is -1.75. The first kappa shape index (κ1) is 22.5. The molecule has 0 rings (SSSR count). The average molecular weight is 540 g/mol. The molecule has 0 aromatic carbocycles. The van der Waals surface area contributed by atoms with Gasteiger partial charge < -0.3 is 30.6 Å². The van der Waals surface area contributed by atoms with Gasteiger partial charge in [-0.15, -0.1) is 0 Å². The zero-order valence-electron chi connectivity index (χ0n) is 4.55. The molecule has 8 nitrogen and oxygen atoms in total. The normalized spacial score (nSPS) is 4.80. The van der Waals surface area contributed by atoms with Gasteiger partial charge in [0.15, 0.2) is 0 Å². The van der Waals surface area contributed by atoms with Crippen LogP contribution in [-0.2, 0) is 0 Å². The summed E-state index contributed by atoms with van der Waals surface area (Å²) in [4.78, 5) is 16.5. The Labute approximate surface area is 94.7 Å². The van der Waals surface area contributed by atoms with Gasteiger partial charge in [0.1, 0.15) is 0 Å². The van der Waals surface area contributed by atoms with E-state index in [1.54, 1.807) is 0 Å². The molecule has 0 aliphatic rings. The molecule has 0 unspecified atom stereocenters. The van der Waals surface area contributed by atoms with E-state index in [0.717, 1.165) is 0 Å². The molecule has 0 aliphatic heterocycles. The third-order valence-electron chi connectivity index (χ3n) is 0. The molecule has 0 amide bonds. The van der Waals surface area contributed by atoms with Crippen molar-refractivity contribution in [2.45, 2.75) is 0 Å². The molecule has 0 aromatic rings. The average Bonchev–Trinajstić information content (AvgIpc) is 1.25. The van der Waals surface area contributed by atoms with Crippen molar-refractivity contribution in [2.24, 2.45) is 0 Å². The Morgan fingerprint density at radius 1 is 0.800 bits per heavy atom. The van der Waals surface area contributed by atoms with Gasteiger partial charge in [-0.25, -0.2) is 0 Å². The number of hydrogen-bond donors (Lipinski definition) is 0. The van der Waals surface area contributed by atoms with Crippen LogP contribution in [0.25, 0.3) is 0 Å². The van der Waals surface area contributed by atoms with Crippen LogP contribution in [0.3, 0.4) is 0 Å². The molecule has 0 N–H and O–H groups in total. The number of rotatable bonds is 0. The van der Waals surface area contributed by atoms with Crippen molar-refractivity contribution in [1.29, 1.82) is 0 Å². The van der Waals surface area contributed by atoms with Crippen LogP contribution >= 0.6 is 0 Å². The van der Waals surface area contributed by atoms with Crippen LogP contribution in [0, 0.1) is 30.6 Å². The van der Waals surface area contributed by atoms with Gasteiger partial charge in [0.2, 0.25) is 0 Å². The molecule has 10 heavy (non-hydrogen) atoms. The van der Waals surface area contributed by atoms with Gasteiger partial charge in [0, 0.05) is 0 Å². The standard InChI is InChI=1S/2NO3.2Pb.2H/c2*2-1(3)4;;;;/q2*-1;;+2;;. The fourth-order valence-corrected chi connectivity index (χ4v) is 0. The zero-order chi connectivity index (χ0) is 7.15. The molecule has 0 bridgehead atoms. The molecule has 0 atom stereocenters. The Balaban J connectivity index is -0.0000000300. The first-order valence-electron chi connectivity index (χ1n) is 1.10. The summed E-state index contributed by atoms with van der Waals surface area (Å²) in [7, 11) is 0. The van der Waals surface area contributed by atoms with E-state index < -0.39 is 10.2 Å². The molecular weight excluding hydrogens is 538 g/mol. The molecule has 10 heteroatoms. The summed E-state index contributed by atoms with van der Waals surface area (Å²) in [6.45, 7) is 0. The topological polar surface area (TPSA) is 132 Å². The predicted octanol–water partition coefficient (Wildman–Crippen LogP) is -1.78. The summed E-state index contributed by atoms with van der Waals surface area (Å²) in [6, 6.07) is 0.